The van der Waals surface area contributed by atoms with Crippen LogP contribution in [0.1, 0.15) is 105 Å². The van der Waals surface area contributed by atoms with Crippen LogP contribution in [0.4, 0.5) is 0 Å². The van der Waals surface area contributed by atoms with Crippen molar-refractivity contribution in [3.63, 3.8) is 0 Å². The number of aromatic nitrogens is 2. The maximum absolute atomic E-state index is 2.46. The fraction of sp³-hybridized carbons (Fsp3) is 0.276. The summed E-state index contributed by atoms with van der Waals surface area (Å²) >= 11 is 0. The van der Waals surface area contributed by atoms with Crippen LogP contribution in [-0.2, 0) is 21.7 Å². The van der Waals surface area contributed by atoms with Crippen molar-refractivity contribution in [1.82, 2.24) is 9.13 Å². The zero-order chi connectivity index (χ0) is 42.5. The van der Waals surface area contributed by atoms with Gasteiger partial charge in [0.1, 0.15) is 0 Å². The van der Waals surface area contributed by atoms with Crippen molar-refractivity contribution >= 4 is 43.6 Å². The molecule has 302 valence electrons. The average Bonchev–Trinajstić information content (AvgIpc) is 3.71. The molecule has 60 heavy (non-hydrogen) atoms. The topological polar surface area (TPSA) is 9.86 Å². The van der Waals surface area contributed by atoms with Crippen molar-refractivity contribution < 1.29 is 0 Å². The highest BCUT2D eigenvalue weighted by atomic mass is 15.0. The first kappa shape index (κ1) is 39.6. The van der Waals surface area contributed by atoms with Gasteiger partial charge in [-0.1, -0.05) is 150 Å². The van der Waals surface area contributed by atoms with Gasteiger partial charge in [-0.15, -0.1) is 0 Å². The van der Waals surface area contributed by atoms with Crippen LogP contribution in [0.5, 0.6) is 0 Å². The Kier molecular flexibility index (Phi) is 9.14. The van der Waals surface area contributed by atoms with E-state index in [1.165, 1.54) is 99.5 Å². The molecule has 2 aromatic heterocycles. The van der Waals surface area contributed by atoms with E-state index in [0.29, 0.717) is 0 Å². The molecule has 0 amide bonds. The lowest BCUT2D eigenvalue weighted by atomic mass is 9.85. The first-order chi connectivity index (χ1) is 28.3. The van der Waals surface area contributed by atoms with Crippen LogP contribution in [0.3, 0.4) is 0 Å². The van der Waals surface area contributed by atoms with Crippen LogP contribution in [0.25, 0.3) is 77.2 Å². The molecule has 2 heteroatoms. The number of hydrogen-bond donors (Lipinski definition) is 0. The zero-order valence-corrected chi connectivity index (χ0v) is 37.8. The molecule has 0 spiro atoms. The van der Waals surface area contributed by atoms with Crippen LogP contribution in [0.2, 0.25) is 0 Å². The van der Waals surface area contributed by atoms with E-state index in [4.69, 9.17) is 0 Å². The predicted molar refractivity (Wildman–Crippen MR) is 261 cm³/mol. The van der Waals surface area contributed by atoms with Crippen molar-refractivity contribution in [2.24, 2.45) is 0 Å². The minimum atomic E-state index is 0.0600. The first-order valence-electron chi connectivity index (χ1n) is 21.8. The third-order valence-electron chi connectivity index (χ3n) is 12.7. The Morgan fingerprint density at radius 3 is 0.783 bits per heavy atom. The third kappa shape index (κ3) is 6.94. The van der Waals surface area contributed by atoms with Gasteiger partial charge in [-0.25, -0.2) is 0 Å². The van der Waals surface area contributed by atoms with E-state index in [9.17, 15) is 0 Å². The lowest BCUT2D eigenvalue weighted by molar-refractivity contribution is 0.590. The normalized spacial score (nSPS) is 13.0. The van der Waals surface area contributed by atoms with Crippen LogP contribution in [0.15, 0.2) is 146 Å². The van der Waals surface area contributed by atoms with E-state index < -0.39 is 0 Å². The van der Waals surface area contributed by atoms with Gasteiger partial charge in [0.05, 0.1) is 22.1 Å². The summed E-state index contributed by atoms with van der Waals surface area (Å²) in [6, 6.07) is 55.5. The molecule has 0 atom stereocenters. The van der Waals surface area contributed by atoms with E-state index >= 15 is 0 Å². The predicted octanol–water partition coefficient (Wildman–Crippen LogP) is 16.4. The second-order valence-corrected chi connectivity index (χ2v) is 21.3. The summed E-state index contributed by atoms with van der Waals surface area (Å²) in [6.45, 7) is 27.6. The van der Waals surface area contributed by atoms with Crippen molar-refractivity contribution in [2.75, 3.05) is 0 Å². The van der Waals surface area contributed by atoms with Gasteiger partial charge >= 0.3 is 0 Å². The fourth-order valence-electron chi connectivity index (χ4n) is 9.00. The summed E-state index contributed by atoms with van der Waals surface area (Å²) in [4.78, 5) is 0. The van der Waals surface area contributed by atoms with E-state index in [2.05, 4.69) is 238 Å². The summed E-state index contributed by atoms with van der Waals surface area (Å²) in [6.07, 6.45) is 0. The Morgan fingerprint density at radius 1 is 0.267 bits per heavy atom. The Bertz CT molecular complexity index is 2770. The van der Waals surface area contributed by atoms with Gasteiger partial charge in [-0.2, -0.15) is 0 Å². The molecule has 0 aliphatic rings. The second-order valence-electron chi connectivity index (χ2n) is 21.3. The minimum absolute atomic E-state index is 0.0600. The molecule has 0 radical (unpaired) electrons. The highest BCUT2D eigenvalue weighted by Gasteiger charge is 2.23. The number of benzene rings is 7. The minimum Gasteiger partial charge on any atom is -0.309 e. The van der Waals surface area contributed by atoms with E-state index in [1.54, 1.807) is 0 Å². The molecule has 2 heterocycles. The van der Waals surface area contributed by atoms with Crippen LogP contribution < -0.4 is 0 Å². The van der Waals surface area contributed by atoms with Crippen molar-refractivity contribution in [2.45, 2.75) is 105 Å². The molecule has 2 nitrogen and oxygen atoms in total. The number of fused-ring (bicyclic) bond motifs is 6. The fourth-order valence-corrected chi connectivity index (χ4v) is 9.00. The number of nitrogens with zero attached hydrogens (tertiary/aromatic N) is 2. The van der Waals surface area contributed by atoms with E-state index in [1.807, 2.05) is 0 Å². The summed E-state index contributed by atoms with van der Waals surface area (Å²) in [7, 11) is 0. The maximum atomic E-state index is 2.46. The lowest BCUT2D eigenvalue weighted by Crippen LogP contribution is -2.10. The average molecular weight is 785 g/mol. The quantitative estimate of drug-likeness (QED) is 0.168. The van der Waals surface area contributed by atoms with Crippen molar-refractivity contribution in [1.29, 1.82) is 0 Å². The summed E-state index contributed by atoms with van der Waals surface area (Å²) in [5.41, 5.74) is 17.7. The standard InChI is InChI=1S/C58H60N2/c1-55(2,3)41-22-26-51-47(33-41)48-34-42(56(4,5)6)23-27-52(48)59(51)45-20-14-18-39(31-45)37-16-13-17-38(30-37)40-19-15-21-46(32-40)60-53-28-24-43(57(7,8)9)35-49(53)50-36-44(58(10,11)12)25-29-54(50)60/h13-36H,1-12H3. The van der Waals surface area contributed by atoms with Gasteiger partial charge in [-0.05, 0) is 145 Å². The van der Waals surface area contributed by atoms with Gasteiger partial charge in [-0.3, -0.25) is 0 Å². The molecule has 9 rings (SSSR count). The molecular weight excluding hydrogens is 725 g/mol. The molecule has 0 aliphatic carbocycles. The molecule has 7 aromatic carbocycles. The summed E-state index contributed by atoms with van der Waals surface area (Å²) < 4.78 is 4.92. The molecule has 0 unspecified atom stereocenters. The largest absolute Gasteiger partial charge is 0.309 e. The zero-order valence-electron chi connectivity index (χ0n) is 37.8. The Balaban J connectivity index is 1.14. The summed E-state index contributed by atoms with van der Waals surface area (Å²) in [5, 5.41) is 5.23. The number of rotatable bonds is 4. The molecule has 0 N–H and O–H groups in total. The highest BCUT2D eigenvalue weighted by Crippen LogP contribution is 2.41. The first-order valence-corrected chi connectivity index (χ1v) is 21.8. The van der Waals surface area contributed by atoms with Gasteiger partial charge in [0.2, 0.25) is 0 Å². The Morgan fingerprint density at radius 2 is 0.517 bits per heavy atom. The smallest absolute Gasteiger partial charge is 0.0541 e. The van der Waals surface area contributed by atoms with Gasteiger partial charge in [0, 0.05) is 32.9 Å². The van der Waals surface area contributed by atoms with Crippen LogP contribution >= 0.6 is 0 Å². The molecule has 0 saturated carbocycles. The van der Waals surface area contributed by atoms with E-state index in [0.717, 1.165) is 0 Å². The van der Waals surface area contributed by atoms with Crippen LogP contribution in [-0.4, -0.2) is 9.13 Å². The molecule has 9 aromatic rings. The molecule has 0 saturated heterocycles. The lowest BCUT2D eigenvalue weighted by Gasteiger charge is -2.19. The maximum Gasteiger partial charge on any atom is 0.0541 e. The highest BCUT2D eigenvalue weighted by molar-refractivity contribution is 6.11. The molecule has 0 bridgehead atoms. The number of hydrogen-bond acceptors (Lipinski definition) is 0. The van der Waals surface area contributed by atoms with Gasteiger partial charge in [0.25, 0.3) is 0 Å². The Labute approximate surface area is 357 Å². The van der Waals surface area contributed by atoms with Gasteiger partial charge in [0.15, 0.2) is 0 Å². The Hall–Kier alpha value is -5.86. The molecule has 0 fully saturated rings. The SMILES string of the molecule is CC(C)(C)c1ccc2c(c1)c1cc(C(C)(C)C)ccc1n2-c1cccc(-c2cccc(-c3cccc(-n4c5ccc(C(C)(C)C)cc5c5cc(C(C)(C)C)ccc54)c3)c2)c1. The second kappa shape index (κ2) is 13.8. The molecule has 0 aliphatic heterocycles. The molecular formula is C58H60N2. The van der Waals surface area contributed by atoms with Crippen LogP contribution in [0, 0.1) is 0 Å². The monoisotopic (exact) mass is 784 g/mol. The van der Waals surface area contributed by atoms with Crippen molar-refractivity contribution in [3.8, 4) is 33.6 Å². The summed E-state index contributed by atoms with van der Waals surface area (Å²) in [5.74, 6) is 0. The van der Waals surface area contributed by atoms with Gasteiger partial charge < -0.3 is 9.13 Å². The van der Waals surface area contributed by atoms with Crippen molar-refractivity contribution in [3.05, 3.63) is 168 Å². The third-order valence-corrected chi connectivity index (χ3v) is 12.7. The van der Waals surface area contributed by atoms with E-state index in [-0.39, 0.29) is 21.7 Å².